The Bertz CT molecular complexity index is 213. The van der Waals surface area contributed by atoms with Crippen LogP contribution in [0.2, 0.25) is 0 Å². The van der Waals surface area contributed by atoms with Crippen molar-refractivity contribution >= 4 is 5.97 Å². The minimum atomic E-state index is -0.409. The van der Waals surface area contributed by atoms with E-state index in [1.807, 2.05) is 20.8 Å². The van der Waals surface area contributed by atoms with Crippen molar-refractivity contribution in [3.05, 3.63) is 0 Å². The van der Waals surface area contributed by atoms with Gasteiger partial charge in [-0.1, -0.05) is 0 Å². The summed E-state index contributed by atoms with van der Waals surface area (Å²) in [5.41, 5.74) is -0.409. The van der Waals surface area contributed by atoms with Gasteiger partial charge in [-0.15, -0.1) is 0 Å². The first kappa shape index (κ1) is 12.5. The molecule has 15 heavy (non-hydrogen) atoms. The van der Waals surface area contributed by atoms with Crippen LogP contribution in [-0.2, 0) is 14.3 Å². The molecule has 4 nitrogen and oxygen atoms in total. The number of carbonyl (C=O) groups is 1. The second-order valence-corrected chi connectivity index (χ2v) is 4.92. The summed E-state index contributed by atoms with van der Waals surface area (Å²) in [5, 5.41) is 8.55. The Morgan fingerprint density at radius 2 is 2.00 bits per heavy atom. The van der Waals surface area contributed by atoms with E-state index in [2.05, 4.69) is 0 Å². The summed E-state index contributed by atoms with van der Waals surface area (Å²) >= 11 is 0. The lowest BCUT2D eigenvalue weighted by atomic mass is 9.82. The van der Waals surface area contributed by atoms with E-state index in [0.29, 0.717) is 6.61 Å². The van der Waals surface area contributed by atoms with Crippen molar-refractivity contribution in [1.82, 2.24) is 0 Å². The number of rotatable bonds is 4. The van der Waals surface area contributed by atoms with Gasteiger partial charge < -0.3 is 14.6 Å². The van der Waals surface area contributed by atoms with Gasteiger partial charge in [-0.05, 0) is 33.6 Å². The van der Waals surface area contributed by atoms with E-state index in [1.54, 1.807) is 0 Å². The molecule has 0 atom stereocenters. The van der Waals surface area contributed by atoms with E-state index in [4.69, 9.17) is 14.6 Å². The third kappa shape index (κ3) is 4.18. The van der Waals surface area contributed by atoms with Crippen molar-refractivity contribution in [3.63, 3.8) is 0 Å². The van der Waals surface area contributed by atoms with Crippen LogP contribution in [0.25, 0.3) is 0 Å². The number of hydrogen-bond donors (Lipinski definition) is 1. The quantitative estimate of drug-likeness (QED) is 0.715. The monoisotopic (exact) mass is 216 g/mol. The molecule has 0 aliphatic heterocycles. The summed E-state index contributed by atoms with van der Waals surface area (Å²) in [6.45, 7) is 5.98. The molecule has 0 aromatic carbocycles. The van der Waals surface area contributed by atoms with E-state index in [0.717, 1.165) is 12.8 Å². The summed E-state index contributed by atoms with van der Waals surface area (Å²) in [5.74, 6) is -0.153. The van der Waals surface area contributed by atoms with E-state index < -0.39 is 5.60 Å². The maximum atomic E-state index is 11.5. The molecule has 1 N–H and O–H groups in total. The van der Waals surface area contributed by atoms with Crippen LogP contribution in [0.3, 0.4) is 0 Å². The summed E-state index contributed by atoms with van der Waals surface area (Å²) in [6.07, 6.45) is 1.55. The Balaban J connectivity index is 2.18. The van der Waals surface area contributed by atoms with Crippen molar-refractivity contribution in [2.75, 3.05) is 13.2 Å². The van der Waals surface area contributed by atoms with E-state index in [-0.39, 0.29) is 24.6 Å². The van der Waals surface area contributed by atoms with Crippen molar-refractivity contribution in [1.29, 1.82) is 0 Å². The van der Waals surface area contributed by atoms with Crippen molar-refractivity contribution in [2.24, 2.45) is 5.92 Å². The molecular weight excluding hydrogens is 196 g/mol. The second-order valence-electron chi connectivity index (χ2n) is 4.92. The fraction of sp³-hybridized carbons (Fsp3) is 0.909. The summed E-state index contributed by atoms with van der Waals surface area (Å²) in [6, 6.07) is 0. The zero-order chi connectivity index (χ0) is 11.5. The highest BCUT2D eigenvalue weighted by Gasteiger charge is 2.37. The van der Waals surface area contributed by atoms with Crippen LogP contribution in [0.5, 0.6) is 0 Å². The van der Waals surface area contributed by atoms with Gasteiger partial charge in [0.1, 0.15) is 5.60 Å². The van der Waals surface area contributed by atoms with Crippen LogP contribution in [0.1, 0.15) is 33.6 Å². The Labute approximate surface area is 90.6 Å². The SMILES string of the molecule is CC(C)(C)OC(=O)[C@H]1C[C@@H](OCCO)C1. The molecule has 0 bridgehead atoms. The maximum absolute atomic E-state index is 11.5. The molecule has 0 unspecified atom stereocenters. The topological polar surface area (TPSA) is 55.8 Å². The zero-order valence-corrected chi connectivity index (χ0v) is 9.66. The van der Waals surface area contributed by atoms with Crippen LogP contribution in [0, 0.1) is 5.92 Å². The summed E-state index contributed by atoms with van der Waals surface area (Å²) in [7, 11) is 0. The summed E-state index contributed by atoms with van der Waals surface area (Å²) in [4.78, 5) is 11.5. The molecule has 0 amide bonds. The molecule has 4 heteroatoms. The standard InChI is InChI=1S/C11H20O4/c1-11(2,3)15-10(13)8-6-9(7-8)14-5-4-12/h8-9,12H,4-7H2,1-3H3/t8-,9+. The first-order valence-corrected chi connectivity index (χ1v) is 5.37. The predicted octanol–water partition coefficient (Wildman–Crippen LogP) is 1.12. The van der Waals surface area contributed by atoms with Gasteiger partial charge in [-0.25, -0.2) is 0 Å². The predicted molar refractivity (Wildman–Crippen MR) is 55.4 cm³/mol. The van der Waals surface area contributed by atoms with Gasteiger partial charge in [0.15, 0.2) is 0 Å². The molecule has 0 saturated heterocycles. The molecule has 1 saturated carbocycles. The molecule has 1 fully saturated rings. The first-order valence-electron chi connectivity index (χ1n) is 5.37. The van der Waals surface area contributed by atoms with Crippen LogP contribution < -0.4 is 0 Å². The minimum Gasteiger partial charge on any atom is -0.460 e. The molecule has 88 valence electrons. The largest absolute Gasteiger partial charge is 0.460 e. The lowest BCUT2D eigenvalue weighted by molar-refractivity contribution is -0.169. The highest BCUT2D eigenvalue weighted by atomic mass is 16.6. The third-order valence-corrected chi connectivity index (χ3v) is 2.28. The highest BCUT2D eigenvalue weighted by Crippen LogP contribution is 2.32. The van der Waals surface area contributed by atoms with Crippen molar-refractivity contribution < 1.29 is 19.4 Å². The average Bonchev–Trinajstić information content (AvgIpc) is 1.98. The number of esters is 1. The fourth-order valence-corrected chi connectivity index (χ4v) is 1.50. The third-order valence-electron chi connectivity index (χ3n) is 2.28. The molecular formula is C11H20O4. The number of ether oxygens (including phenoxy) is 2. The first-order chi connectivity index (χ1) is 6.92. The Morgan fingerprint density at radius 1 is 1.40 bits per heavy atom. The van der Waals surface area contributed by atoms with Crippen molar-refractivity contribution in [3.8, 4) is 0 Å². The smallest absolute Gasteiger partial charge is 0.309 e. The maximum Gasteiger partial charge on any atom is 0.309 e. The molecule has 1 aliphatic rings. The molecule has 0 aromatic heterocycles. The van der Waals surface area contributed by atoms with Gasteiger partial charge >= 0.3 is 5.97 Å². The lowest BCUT2D eigenvalue weighted by Crippen LogP contribution is -2.40. The second kappa shape index (κ2) is 4.94. The van der Waals surface area contributed by atoms with Gasteiger partial charge in [0.25, 0.3) is 0 Å². The van der Waals surface area contributed by atoms with E-state index in [9.17, 15) is 4.79 Å². The number of aliphatic hydroxyl groups is 1. The van der Waals surface area contributed by atoms with Crippen LogP contribution in [0.15, 0.2) is 0 Å². The van der Waals surface area contributed by atoms with Crippen LogP contribution in [-0.4, -0.2) is 36.0 Å². The van der Waals surface area contributed by atoms with Gasteiger partial charge in [-0.2, -0.15) is 0 Å². The normalized spacial score (nSPS) is 25.9. The molecule has 1 rings (SSSR count). The average molecular weight is 216 g/mol. The number of hydrogen-bond acceptors (Lipinski definition) is 4. The lowest BCUT2D eigenvalue weighted by Gasteiger charge is -2.35. The van der Waals surface area contributed by atoms with Gasteiger partial charge in [-0.3, -0.25) is 4.79 Å². The Kier molecular flexibility index (Phi) is 4.11. The molecule has 0 aromatic rings. The Morgan fingerprint density at radius 3 is 2.47 bits per heavy atom. The van der Waals surface area contributed by atoms with Crippen molar-refractivity contribution in [2.45, 2.75) is 45.3 Å². The van der Waals surface area contributed by atoms with Crippen LogP contribution in [0.4, 0.5) is 0 Å². The fourth-order valence-electron chi connectivity index (χ4n) is 1.50. The highest BCUT2D eigenvalue weighted by molar-refractivity contribution is 5.74. The molecule has 0 spiro atoms. The molecule has 0 heterocycles. The van der Waals surface area contributed by atoms with E-state index in [1.165, 1.54) is 0 Å². The van der Waals surface area contributed by atoms with E-state index >= 15 is 0 Å². The number of aliphatic hydroxyl groups excluding tert-OH is 1. The minimum absolute atomic E-state index is 0.0204. The van der Waals surface area contributed by atoms with Crippen LogP contribution >= 0.6 is 0 Å². The zero-order valence-electron chi connectivity index (χ0n) is 9.66. The molecule has 0 radical (unpaired) electrons. The number of carbonyl (C=O) groups excluding carboxylic acids is 1. The van der Waals surface area contributed by atoms with Gasteiger partial charge in [0, 0.05) is 0 Å². The Hall–Kier alpha value is -0.610. The van der Waals surface area contributed by atoms with Gasteiger partial charge in [0.05, 0.1) is 25.2 Å². The summed E-state index contributed by atoms with van der Waals surface area (Å²) < 4.78 is 10.5. The molecule has 1 aliphatic carbocycles. The van der Waals surface area contributed by atoms with Gasteiger partial charge in [0.2, 0.25) is 0 Å².